The van der Waals surface area contributed by atoms with Crippen LogP contribution in [0.3, 0.4) is 0 Å². The van der Waals surface area contributed by atoms with E-state index in [-0.39, 0.29) is 0 Å². The average Bonchev–Trinajstić information content (AvgIpc) is 2.61. The summed E-state index contributed by atoms with van der Waals surface area (Å²) in [7, 11) is 0. The van der Waals surface area contributed by atoms with Gasteiger partial charge in [-0.1, -0.05) is 13.8 Å². The standard InChI is InChI=1S/C19H29F2NO8/c1-9(2)15(23)29-14-10(3)28-17(25)12(22-18(26)30-19(4,5)6)8-27-16(24)11(14)7-13(20)21/h9-14H,7-8H2,1-6H3,(H,22,26)/t10-,11+,12-,14-/m0/s1. The van der Waals surface area contributed by atoms with E-state index in [2.05, 4.69) is 5.32 Å². The van der Waals surface area contributed by atoms with Crippen molar-refractivity contribution < 1.29 is 46.9 Å². The molecule has 9 nitrogen and oxygen atoms in total. The maximum absolute atomic E-state index is 13.1. The van der Waals surface area contributed by atoms with Crippen molar-refractivity contribution in [2.45, 2.75) is 78.2 Å². The van der Waals surface area contributed by atoms with Crippen LogP contribution in [0.15, 0.2) is 0 Å². The van der Waals surface area contributed by atoms with Crippen LogP contribution in [0.25, 0.3) is 0 Å². The van der Waals surface area contributed by atoms with E-state index in [9.17, 15) is 28.0 Å². The SMILES string of the molecule is CC(C)C(=O)O[C@H]1[C@H](C)OC(=O)[C@@H](NC(=O)OC(C)(C)C)COC(=O)[C@@H]1CC(F)F. The van der Waals surface area contributed by atoms with Crippen LogP contribution < -0.4 is 5.32 Å². The summed E-state index contributed by atoms with van der Waals surface area (Å²) in [6, 6.07) is -1.43. The summed E-state index contributed by atoms with van der Waals surface area (Å²) in [6.07, 6.45) is -7.55. The maximum Gasteiger partial charge on any atom is 0.408 e. The number of alkyl carbamates (subject to hydrolysis) is 1. The van der Waals surface area contributed by atoms with Crippen molar-refractivity contribution in [2.75, 3.05) is 6.61 Å². The quantitative estimate of drug-likeness (QED) is 0.514. The fourth-order valence-electron chi connectivity index (χ4n) is 2.56. The zero-order valence-electron chi connectivity index (χ0n) is 17.9. The van der Waals surface area contributed by atoms with Gasteiger partial charge in [0.05, 0.1) is 5.92 Å². The van der Waals surface area contributed by atoms with Crippen LogP contribution in [0, 0.1) is 11.8 Å². The fourth-order valence-corrected chi connectivity index (χ4v) is 2.56. The van der Waals surface area contributed by atoms with E-state index in [0.29, 0.717) is 0 Å². The summed E-state index contributed by atoms with van der Waals surface area (Å²) in [4.78, 5) is 48.9. The Morgan fingerprint density at radius 1 is 1.20 bits per heavy atom. The van der Waals surface area contributed by atoms with Crippen molar-refractivity contribution in [1.82, 2.24) is 5.32 Å². The Morgan fingerprint density at radius 3 is 2.30 bits per heavy atom. The number of alkyl halides is 2. The number of cyclic esters (lactones) is 2. The smallest absolute Gasteiger partial charge is 0.408 e. The number of carbonyl (C=O) groups excluding carboxylic acids is 4. The Balaban J connectivity index is 3.10. The van der Waals surface area contributed by atoms with E-state index in [1.54, 1.807) is 20.8 Å². The second kappa shape index (κ2) is 10.5. The zero-order chi connectivity index (χ0) is 23.2. The third-order valence-corrected chi connectivity index (χ3v) is 3.99. The lowest BCUT2D eigenvalue weighted by Crippen LogP contribution is -2.48. The number of esters is 3. The van der Waals surface area contributed by atoms with Gasteiger partial charge in [0.2, 0.25) is 6.43 Å². The molecule has 1 saturated heterocycles. The van der Waals surface area contributed by atoms with E-state index in [1.165, 1.54) is 20.8 Å². The predicted molar refractivity (Wildman–Crippen MR) is 98.5 cm³/mol. The Kier molecular flexibility index (Phi) is 8.98. The van der Waals surface area contributed by atoms with Crippen molar-refractivity contribution in [3.63, 3.8) is 0 Å². The van der Waals surface area contributed by atoms with E-state index >= 15 is 0 Å². The largest absolute Gasteiger partial charge is 0.463 e. The first kappa shape index (κ1) is 25.6. The minimum absolute atomic E-state index is 0.606. The van der Waals surface area contributed by atoms with Crippen LogP contribution in [0.4, 0.5) is 13.6 Å². The first-order chi connectivity index (χ1) is 13.7. The topological polar surface area (TPSA) is 117 Å². The first-order valence-electron chi connectivity index (χ1n) is 9.56. The molecule has 0 aromatic rings. The van der Waals surface area contributed by atoms with E-state index in [4.69, 9.17) is 18.9 Å². The number of rotatable bonds is 5. The second-order valence-electron chi connectivity index (χ2n) is 8.26. The van der Waals surface area contributed by atoms with Crippen LogP contribution in [-0.4, -0.2) is 60.9 Å². The van der Waals surface area contributed by atoms with Crippen LogP contribution in [0.5, 0.6) is 0 Å². The highest BCUT2D eigenvalue weighted by Gasteiger charge is 2.43. The average molecular weight is 437 g/mol. The van der Waals surface area contributed by atoms with Gasteiger partial charge in [0, 0.05) is 6.42 Å². The Morgan fingerprint density at radius 2 is 1.80 bits per heavy atom. The molecule has 1 rings (SSSR count). The summed E-state index contributed by atoms with van der Waals surface area (Å²) in [5.41, 5.74) is -0.852. The fraction of sp³-hybridized carbons (Fsp3) is 0.789. The van der Waals surface area contributed by atoms with Gasteiger partial charge < -0.3 is 24.3 Å². The molecular weight excluding hydrogens is 408 g/mol. The monoisotopic (exact) mass is 437 g/mol. The van der Waals surface area contributed by atoms with Crippen LogP contribution >= 0.6 is 0 Å². The van der Waals surface area contributed by atoms with Gasteiger partial charge in [0.25, 0.3) is 0 Å². The minimum atomic E-state index is -2.90. The van der Waals surface area contributed by atoms with Crippen molar-refractivity contribution in [3.8, 4) is 0 Å². The zero-order valence-corrected chi connectivity index (χ0v) is 17.9. The molecule has 0 radical (unpaired) electrons. The lowest BCUT2D eigenvalue weighted by molar-refractivity contribution is -0.178. The van der Waals surface area contributed by atoms with Gasteiger partial charge in [-0.3, -0.25) is 9.59 Å². The summed E-state index contributed by atoms with van der Waals surface area (Å²) in [5.74, 6) is -5.01. The lowest BCUT2D eigenvalue weighted by Gasteiger charge is -2.29. The van der Waals surface area contributed by atoms with Crippen molar-refractivity contribution >= 4 is 24.0 Å². The van der Waals surface area contributed by atoms with Gasteiger partial charge in [-0.25, -0.2) is 18.4 Å². The molecule has 0 aromatic heterocycles. The molecule has 1 heterocycles. The third kappa shape index (κ3) is 8.11. The summed E-state index contributed by atoms with van der Waals surface area (Å²) in [5, 5.41) is 2.22. The Hall–Kier alpha value is -2.46. The van der Waals surface area contributed by atoms with Gasteiger partial charge in [0.1, 0.15) is 24.2 Å². The molecule has 0 unspecified atom stereocenters. The number of carbonyl (C=O) groups is 4. The lowest BCUT2D eigenvalue weighted by atomic mass is 9.94. The second-order valence-corrected chi connectivity index (χ2v) is 8.26. The molecule has 0 saturated carbocycles. The molecule has 0 aliphatic carbocycles. The molecule has 1 amide bonds. The number of nitrogens with one attached hydrogen (secondary N) is 1. The van der Waals surface area contributed by atoms with E-state index in [1.807, 2.05) is 0 Å². The van der Waals surface area contributed by atoms with Gasteiger partial charge >= 0.3 is 24.0 Å². The molecule has 1 fully saturated rings. The summed E-state index contributed by atoms with van der Waals surface area (Å²) < 4.78 is 46.6. The highest BCUT2D eigenvalue weighted by Crippen LogP contribution is 2.26. The van der Waals surface area contributed by atoms with Crippen LogP contribution in [-0.2, 0) is 33.3 Å². The maximum atomic E-state index is 13.1. The molecule has 1 aliphatic heterocycles. The number of hydrogen-bond donors (Lipinski definition) is 1. The van der Waals surface area contributed by atoms with Gasteiger partial charge in [-0.05, 0) is 27.7 Å². The highest BCUT2D eigenvalue weighted by molar-refractivity contribution is 5.83. The van der Waals surface area contributed by atoms with Gasteiger partial charge in [-0.2, -0.15) is 0 Å². The molecule has 0 spiro atoms. The number of hydrogen-bond acceptors (Lipinski definition) is 8. The normalized spacial score (nSPS) is 25.5. The van der Waals surface area contributed by atoms with Crippen molar-refractivity contribution in [3.05, 3.63) is 0 Å². The summed E-state index contributed by atoms with van der Waals surface area (Å²) in [6.45, 7) is 8.52. The molecule has 1 aliphatic rings. The van der Waals surface area contributed by atoms with Crippen LogP contribution in [0.1, 0.15) is 48.0 Å². The van der Waals surface area contributed by atoms with Gasteiger partial charge in [0.15, 0.2) is 12.1 Å². The summed E-state index contributed by atoms with van der Waals surface area (Å²) >= 11 is 0. The number of halogens is 2. The minimum Gasteiger partial charge on any atom is -0.463 e. The molecule has 4 atom stereocenters. The molecule has 172 valence electrons. The molecule has 0 aromatic carbocycles. The predicted octanol–water partition coefficient (Wildman–Crippen LogP) is 2.21. The molecule has 0 bridgehead atoms. The Labute approximate surface area is 173 Å². The number of amides is 1. The number of ether oxygens (including phenoxy) is 4. The third-order valence-electron chi connectivity index (χ3n) is 3.99. The van der Waals surface area contributed by atoms with E-state index < -0.39 is 79.1 Å². The first-order valence-corrected chi connectivity index (χ1v) is 9.56. The Bertz CT molecular complexity index is 647. The highest BCUT2D eigenvalue weighted by atomic mass is 19.3. The molecule has 11 heteroatoms. The molecule has 1 N–H and O–H groups in total. The van der Waals surface area contributed by atoms with Crippen molar-refractivity contribution in [1.29, 1.82) is 0 Å². The van der Waals surface area contributed by atoms with Crippen LogP contribution in [0.2, 0.25) is 0 Å². The van der Waals surface area contributed by atoms with E-state index in [0.717, 1.165) is 0 Å². The van der Waals surface area contributed by atoms with Crippen molar-refractivity contribution in [2.24, 2.45) is 11.8 Å². The molecular formula is C19H29F2NO8. The van der Waals surface area contributed by atoms with Gasteiger partial charge in [-0.15, -0.1) is 0 Å². The molecule has 30 heavy (non-hydrogen) atoms.